The average Bonchev–Trinajstić information content (AvgIpc) is 3.51. The zero-order valence-corrected chi connectivity index (χ0v) is 33.9. The Morgan fingerprint density at radius 2 is 1.54 bits per heavy atom. The lowest BCUT2D eigenvalue weighted by Crippen LogP contribution is -2.60. The summed E-state index contributed by atoms with van der Waals surface area (Å²) < 4.78 is 5.56. The van der Waals surface area contributed by atoms with Gasteiger partial charge in [-0.05, 0) is 86.3 Å². The number of nitrogens with one attached hydrogen (secondary N) is 4. The number of carbonyl (C=O) groups is 7. The van der Waals surface area contributed by atoms with E-state index in [1.54, 1.807) is 71.3 Å². The van der Waals surface area contributed by atoms with Gasteiger partial charge >= 0.3 is 6.09 Å². The van der Waals surface area contributed by atoms with Gasteiger partial charge in [0.15, 0.2) is 0 Å². The first kappa shape index (κ1) is 42.6. The lowest BCUT2D eigenvalue weighted by Gasteiger charge is -2.35. The number of amides is 6. The highest BCUT2D eigenvalue weighted by atomic mass is 16.6. The fourth-order valence-electron chi connectivity index (χ4n) is 8.26. The molecule has 14 heteroatoms. The maximum absolute atomic E-state index is 14.6. The molecular weight excluding hydrogens is 729 g/mol. The van der Waals surface area contributed by atoms with E-state index in [9.17, 15) is 33.6 Å². The maximum Gasteiger partial charge on any atom is 0.408 e. The van der Waals surface area contributed by atoms with Crippen molar-refractivity contribution in [3.63, 3.8) is 0 Å². The molecular formula is C43H56N6O8. The predicted octanol–water partition coefficient (Wildman–Crippen LogP) is 2.86. The van der Waals surface area contributed by atoms with Crippen molar-refractivity contribution >= 4 is 41.4 Å². The molecule has 14 nitrogen and oxygen atoms in total. The standard InChI is InChI=1S/C43H56N6O8/c1-9-10-20-30(36(51)38(53)44-23-31(50)46-33(39(54)48(7)8)25-16-12-11-13-17-25)45-37(52)35-32-29(43(32,5)6)24-49(35)40(55)34(47-41(56)57-42(2,3)4)28-21-26-18-14-15-19-27(26)22-28/h9,11-19,28-30,32-35H,1,10,20-24H2,2-8H3,(H,44,53)(H,45,52)(H,46,50)(H,47,56)/t29-,30?,32-,33?,34?,35-/m0/s1. The first-order valence-electron chi connectivity index (χ1n) is 19.5. The van der Waals surface area contributed by atoms with Crippen LogP contribution >= 0.6 is 0 Å². The van der Waals surface area contributed by atoms with Crippen LogP contribution in [0.4, 0.5) is 4.79 Å². The summed E-state index contributed by atoms with van der Waals surface area (Å²) in [5.41, 5.74) is 1.64. The molecule has 1 saturated heterocycles. The molecule has 2 aromatic carbocycles. The first-order chi connectivity index (χ1) is 26.8. The first-order valence-corrected chi connectivity index (χ1v) is 19.5. The van der Waals surface area contributed by atoms with Crippen molar-refractivity contribution in [2.45, 2.75) is 90.1 Å². The van der Waals surface area contributed by atoms with Crippen molar-refractivity contribution in [1.29, 1.82) is 0 Å². The number of ether oxygens (including phenoxy) is 1. The zero-order valence-electron chi connectivity index (χ0n) is 33.9. The molecule has 2 aliphatic carbocycles. The van der Waals surface area contributed by atoms with E-state index in [1.807, 2.05) is 38.1 Å². The fourth-order valence-corrected chi connectivity index (χ4v) is 8.26. The van der Waals surface area contributed by atoms with E-state index in [0.717, 1.165) is 11.1 Å². The van der Waals surface area contributed by atoms with Crippen LogP contribution in [0.2, 0.25) is 0 Å². The van der Waals surface area contributed by atoms with Crippen LogP contribution < -0.4 is 21.3 Å². The molecule has 0 aromatic heterocycles. The number of rotatable bonds is 15. The molecule has 306 valence electrons. The van der Waals surface area contributed by atoms with Crippen molar-refractivity contribution < 1.29 is 38.3 Å². The second-order valence-electron chi connectivity index (χ2n) is 17.1. The highest BCUT2D eigenvalue weighted by Crippen LogP contribution is 2.65. The van der Waals surface area contributed by atoms with Gasteiger partial charge in [-0.2, -0.15) is 0 Å². The van der Waals surface area contributed by atoms with Crippen LogP contribution in [0.1, 0.15) is 70.2 Å². The maximum atomic E-state index is 14.6. The number of hydrogen-bond acceptors (Lipinski definition) is 8. The number of carbonyl (C=O) groups excluding carboxylic acids is 7. The minimum absolute atomic E-state index is 0.00313. The van der Waals surface area contributed by atoms with Gasteiger partial charge in [-0.25, -0.2) is 4.79 Å². The molecule has 57 heavy (non-hydrogen) atoms. The number of likely N-dealkylation sites (tertiary alicyclic amines) is 1. The smallest absolute Gasteiger partial charge is 0.408 e. The number of fused-ring (bicyclic) bond motifs is 2. The second-order valence-corrected chi connectivity index (χ2v) is 17.1. The molecule has 0 bridgehead atoms. The monoisotopic (exact) mass is 784 g/mol. The molecule has 1 saturated carbocycles. The molecule has 3 unspecified atom stereocenters. The van der Waals surface area contributed by atoms with E-state index >= 15 is 0 Å². The summed E-state index contributed by atoms with van der Waals surface area (Å²) >= 11 is 0. The zero-order chi connectivity index (χ0) is 41.8. The third-order valence-electron chi connectivity index (χ3n) is 11.3. The van der Waals surface area contributed by atoms with Crippen LogP contribution in [0.25, 0.3) is 0 Å². The lowest BCUT2D eigenvalue weighted by molar-refractivity contribution is -0.145. The Hall–Kier alpha value is -5.53. The van der Waals surface area contributed by atoms with Crippen LogP contribution in [0.5, 0.6) is 0 Å². The molecule has 0 radical (unpaired) electrons. The summed E-state index contributed by atoms with van der Waals surface area (Å²) in [5, 5.41) is 10.6. The van der Waals surface area contributed by atoms with Gasteiger partial charge in [-0.1, -0.05) is 74.5 Å². The molecule has 1 aliphatic heterocycles. The van der Waals surface area contributed by atoms with Gasteiger partial charge in [-0.15, -0.1) is 6.58 Å². The molecule has 2 aromatic rings. The minimum atomic E-state index is -1.29. The van der Waals surface area contributed by atoms with Crippen molar-refractivity contribution in [3.05, 3.63) is 83.9 Å². The number of Topliss-reactive ketones (excluding diaryl/α,β-unsaturated/α-hetero) is 1. The molecule has 4 N–H and O–H groups in total. The largest absolute Gasteiger partial charge is 0.444 e. The van der Waals surface area contributed by atoms with Gasteiger partial charge in [0.25, 0.3) is 5.91 Å². The van der Waals surface area contributed by atoms with Crippen LogP contribution in [-0.2, 0) is 46.3 Å². The third-order valence-corrected chi connectivity index (χ3v) is 11.3. The van der Waals surface area contributed by atoms with Crippen LogP contribution in [0.3, 0.4) is 0 Å². The van der Waals surface area contributed by atoms with Crippen LogP contribution in [0, 0.1) is 23.2 Å². The summed E-state index contributed by atoms with van der Waals surface area (Å²) in [5.74, 6) is -4.67. The highest BCUT2D eigenvalue weighted by Gasteiger charge is 2.70. The number of alkyl carbamates (subject to hydrolysis) is 1. The number of piperidine rings is 1. The van der Waals surface area contributed by atoms with Crippen LogP contribution in [-0.4, -0.2) is 102 Å². The van der Waals surface area contributed by atoms with Crippen molar-refractivity contribution in [3.8, 4) is 0 Å². The van der Waals surface area contributed by atoms with Gasteiger partial charge in [0.05, 0.1) is 12.6 Å². The molecule has 6 atom stereocenters. The van der Waals surface area contributed by atoms with Gasteiger partial charge in [0, 0.05) is 20.6 Å². The number of hydrogen-bond donors (Lipinski definition) is 4. The number of benzene rings is 2. The molecule has 3 aliphatic rings. The molecule has 1 heterocycles. The number of likely N-dealkylation sites (N-methyl/N-ethyl adjacent to an activating group) is 1. The summed E-state index contributed by atoms with van der Waals surface area (Å²) in [6.45, 7) is 12.7. The normalized spacial score (nSPS) is 20.8. The Morgan fingerprint density at radius 3 is 2.12 bits per heavy atom. The van der Waals surface area contributed by atoms with Gasteiger partial charge < -0.3 is 35.8 Å². The number of nitrogens with zero attached hydrogens (tertiary/aromatic N) is 2. The number of allylic oxidation sites excluding steroid dienone is 1. The Kier molecular flexibility index (Phi) is 12.9. The summed E-state index contributed by atoms with van der Waals surface area (Å²) in [4.78, 5) is 97.7. The lowest BCUT2D eigenvalue weighted by atomic mass is 9.93. The van der Waals surface area contributed by atoms with Crippen LogP contribution in [0.15, 0.2) is 67.3 Å². The highest BCUT2D eigenvalue weighted by molar-refractivity contribution is 6.38. The Labute approximate surface area is 334 Å². The van der Waals surface area contributed by atoms with Crippen molar-refractivity contribution in [2.24, 2.45) is 23.2 Å². The van der Waals surface area contributed by atoms with Crippen molar-refractivity contribution in [2.75, 3.05) is 27.2 Å². The van der Waals surface area contributed by atoms with E-state index in [1.165, 1.54) is 9.80 Å². The van der Waals surface area contributed by atoms with Gasteiger partial charge in [0.1, 0.15) is 23.7 Å². The SMILES string of the molecule is C=CCCC(NC(=O)[C@@H]1[C@@H]2[C@H](CN1C(=O)C(NC(=O)OC(C)(C)C)C1Cc3ccccc3C1)C2(C)C)C(=O)C(=O)NCC(=O)NC(C(=O)N(C)C)c1ccccc1. The van der Waals surface area contributed by atoms with E-state index in [2.05, 4.69) is 27.8 Å². The quantitative estimate of drug-likeness (QED) is 0.157. The average molecular weight is 785 g/mol. The Bertz CT molecular complexity index is 1860. The van der Waals surface area contributed by atoms with Gasteiger partial charge in [0.2, 0.25) is 29.4 Å². The summed E-state index contributed by atoms with van der Waals surface area (Å²) in [6.07, 6.45) is 2.25. The summed E-state index contributed by atoms with van der Waals surface area (Å²) in [7, 11) is 3.11. The Morgan fingerprint density at radius 1 is 0.930 bits per heavy atom. The van der Waals surface area contributed by atoms with E-state index in [0.29, 0.717) is 18.4 Å². The van der Waals surface area contributed by atoms with Crippen molar-refractivity contribution in [1.82, 2.24) is 31.1 Å². The topological polar surface area (TPSA) is 183 Å². The van der Waals surface area contributed by atoms with E-state index in [-0.39, 0.29) is 48.5 Å². The molecule has 2 fully saturated rings. The fraction of sp³-hybridized carbons (Fsp3) is 0.512. The molecule has 0 spiro atoms. The Balaban J connectivity index is 1.30. The molecule has 5 rings (SSSR count). The third kappa shape index (κ3) is 9.89. The second kappa shape index (κ2) is 17.3. The summed E-state index contributed by atoms with van der Waals surface area (Å²) in [6, 6.07) is 12.2. The van der Waals surface area contributed by atoms with E-state index in [4.69, 9.17) is 4.74 Å². The van der Waals surface area contributed by atoms with E-state index < -0.39 is 71.8 Å². The van der Waals surface area contributed by atoms with Gasteiger partial charge in [-0.3, -0.25) is 28.8 Å². The minimum Gasteiger partial charge on any atom is -0.444 e. The number of ketones is 1. The molecule has 6 amide bonds. The predicted molar refractivity (Wildman–Crippen MR) is 212 cm³/mol.